The largest absolute Gasteiger partial charge is 0.352 e. The van der Waals surface area contributed by atoms with Crippen LogP contribution < -0.4 is 5.32 Å². The molecule has 0 radical (unpaired) electrons. The number of nitrogens with one attached hydrogen (secondary N) is 1. The molecule has 0 saturated carbocycles. The highest BCUT2D eigenvalue weighted by Crippen LogP contribution is 2.24. The van der Waals surface area contributed by atoms with Gasteiger partial charge in [-0.15, -0.1) is 24.0 Å². The molecule has 1 N–H and O–H groups in total. The van der Waals surface area contributed by atoms with E-state index in [4.69, 9.17) is 0 Å². The maximum absolute atomic E-state index is 12.6. The molecular formula is C18H30IN5O. The molecule has 0 spiro atoms. The Morgan fingerprint density at radius 3 is 2.56 bits per heavy atom. The Hall–Kier alpha value is -1.38. The second-order valence-electron chi connectivity index (χ2n) is 7.23. The molecular weight excluding hydrogens is 429 g/mol. The van der Waals surface area contributed by atoms with Gasteiger partial charge in [-0.2, -0.15) is 0 Å². The van der Waals surface area contributed by atoms with Gasteiger partial charge in [0.2, 0.25) is 5.91 Å². The standard InChI is InChI=1S/C18H29N5O.HI/c1-13(2)23-16(24)11-22(12-18(23,4)5)17(19-6)21-10-15-8-7-14(3)20-9-15;/h7-9,13H,10-12H2,1-6H3,(H,19,21);1H. The van der Waals surface area contributed by atoms with Gasteiger partial charge in [0, 0.05) is 38.1 Å². The van der Waals surface area contributed by atoms with Crippen LogP contribution in [0.3, 0.4) is 0 Å². The minimum absolute atomic E-state index is 0. The molecule has 1 aliphatic heterocycles. The number of carbonyl (C=O) groups is 1. The van der Waals surface area contributed by atoms with E-state index in [9.17, 15) is 4.79 Å². The molecule has 0 aromatic carbocycles. The van der Waals surface area contributed by atoms with E-state index in [1.54, 1.807) is 7.05 Å². The van der Waals surface area contributed by atoms with Crippen LogP contribution in [0.4, 0.5) is 0 Å². The zero-order valence-electron chi connectivity index (χ0n) is 16.0. The number of rotatable bonds is 3. The maximum atomic E-state index is 12.6. The molecule has 7 heteroatoms. The van der Waals surface area contributed by atoms with Gasteiger partial charge in [-0.05, 0) is 46.2 Å². The van der Waals surface area contributed by atoms with Crippen LogP contribution in [-0.2, 0) is 11.3 Å². The molecule has 140 valence electrons. The van der Waals surface area contributed by atoms with Crippen LogP contribution in [0.25, 0.3) is 0 Å². The molecule has 2 rings (SSSR count). The molecule has 1 aromatic heterocycles. The minimum Gasteiger partial charge on any atom is -0.352 e. The van der Waals surface area contributed by atoms with Crippen molar-refractivity contribution >= 4 is 35.8 Å². The van der Waals surface area contributed by atoms with E-state index < -0.39 is 0 Å². The molecule has 25 heavy (non-hydrogen) atoms. The van der Waals surface area contributed by atoms with Gasteiger partial charge in [-0.1, -0.05) is 6.07 Å². The fourth-order valence-electron chi connectivity index (χ4n) is 3.43. The van der Waals surface area contributed by atoms with Crippen molar-refractivity contribution < 1.29 is 4.79 Å². The monoisotopic (exact) mass is 459 g/mol. The van der Waals surface area contributed by atoms with E-state index in [1.807, 2.05) is 29.0 Å². The van der Waals surface area contributed by atoms with Crippen LogP contribution in [0.15, 0.2) is 23.3 Å². The number of hydrogen-bond acceptors (Lipinski definition) is 3. The van der Waals surface area contributed by atoms with Gasteiger partial charge in [0.25, 0.3) is 0 Å². The number of guanidine groups is 1. The minimum atomic E-state index is -0.230. The molecule has 1 aliphatic rings. The predicted molar refractivity (Wildman–Crippen MR) is 112 cm³/mol. The average molecular weight is 459 g/mol. The summed E-state index contributed by atoms with van der Waals surface area (Å²) in [4.78, 5) is 25.2. The van der Waals surface area contributed by atoms with Crippen molar-refractivity contribution in [3.05, 3.63) is 29.6 Å². The van der Waals surface area contributed by atoms with Gasteiger partial charge in [0.1, 0.15) is 0 Å². The van der Waals surface area contributed by atoms with Crippen LogP contribution in [-0.4, -0.2) is 58.4 Å². The molecule has 0 atom stereocenters. The first-order valence-electron chi connectivity index (χ1n) is 8.44. The fraction of sp³-hybridized carbons (Fsp3) is 0.611. The van der Waals surface area contributed by atoms with Crippen molar-refractivity contribution in [1.29, 1.82) is 0 Å². The number of amides is 1. The summed E-state index contributed by atoms with van der Waals surface area (Å²) in [6.45, 7) is 12.1. The second kappa shape index (κ2) is 8.82. The van der Waals surface area contributed by atoms with Gasteiger partial charge in [-0.25, -0.2) is 0 Å². The van der Waals surface area contributed by atoms with E-state index in [0.29, 0.717) is 13.1 Å². The highest BCUT2D eigenvalue weighted by Gasteiger charge is 2.40. The first-order chi connectivity index (χ1) is 11.2. The Labute approximate surface area is 168 Å². The van der Waals surface area contributed by atoms with Crippen molar-refractivity contribution in [2.24, 2.45) is 4.99 Å². The van der Waals surface area contributed by atoms with Gasteiger partial charge >= 0.3 is 0 Å². The first-order valence-corrected chi connectivity index (χ1v) is 8.44. The quantitative estimate of drug-likeness (QED) is 0.429. The summed E-state index contributed by atoms with van der Waals surface area (Å²) in [5.74, 6) is 0.890. The van der Waals surface area contributed by atoms with Crippen molar-refractivity contribution in [3.63, 3.8) is 0 Å². The lowest BCUT2D eigenvalue weighted by Gasteiger charge is -2.49. The number of aryl methyl sites for hydroxylation is 1. The van der Waals surface area contributed by atoms with E-state index in [2.05, 4.69) is 49.1 Å². The number of pyridine rings is 1. The number of halogens is 1. The molecule has 0 bridgehead atoms. The molecule has 6 nitrogen and oxygen atoms in total. The third-order valence-electron chi connectivity index (χ3n) is 4.28. The van der Waals surface area contributed by atoms with Crippen LogP contribution in [0.5, 0.6) is 0 Å². The fourth-order valence-corrected chi connectivity index (χ4v) is 3.43. The number of hydrogen-bond donors (Lipinski definition) is 1. The smallest absolute Gasteiger partial charge is 0.242 e. The number of piperazine rings is 1. The number of aromatic nitrogens is 1. The normalized spacial score (nSPS) is 17.6. The zero-order valence-corrected chi connectivity index (χ0v) is 18.4. The molecule has 2 heterocycles. The summed E-state index contributed by atoms with van der Waals surface area (Å²) in [5.41, 5.74) is 1.86. The molecule has 1 fully saturated rings. The average Bonchev–Trinajstić information content (AvgIpc) is 2.47. The van der Waals surface area contributed by atoms with Gasteiger partial charge in [0.05, 0.1) is 12.1 Å². The third kappa shape index (κ3) is 5.29. The summed E-state index contributed by atoms with van der Waals surface area (Å²) < 4.78 is 0. The van der Waals surface area contributed by atoms with Gasteiger partial charge < -0.3 is 15.1 Å². The summed E-state index contributed by atoms with van der Waals surface area (Å²) in [5, 5.41) is 3.34. The van der Waals surface area contributed by atoms with Crippen LogP contribution in [0.1, 0.15) is 39.0 Å². The molecule has 1 saturated heterocycles. The van der Waals surface area contributed by atoms with E-state index in [0.717, 1.165) is 23.8 Å². The summed E-state index contributed by atoms with van der Waals surface area (Å²) in [6.07, 6.45) is 1.86. The first kappa shape index (κ1) is 21.7. The van der Waals surface area contributed by atoms with Gasteiger partial charge in [-0.3, -0.25) is 14.8 Å². The van der Waals surface area contributed by atoms with Crippen LogP contribution >= 0.6 is 24.0 Å². The highest BCUT2D eigenvalue weighted by atomic mass is 127. The molecule has 0 unspecified atom stereocenters. The highest BCUT2D eigenvalue weighted by molar-refractivity contribution is 14.0. The Morgan fingerprint density at radius 1 is 1.40 bits per heavy atom. The van der Waals surface area contributed by atoms with Crippen molar-refractivity contribution in [2.75, 3.05) is 20.1 Å². The third-order valence-corrected chi connectivity index (χ3v) is 4.28. The Bertz CT molecular complexity index is 612. The van der Waals surface area contributed by atoms with Crippen LogP contribution in [0, 0.1) is 6.92 Å². The van der Waals surface area contributed by atoms with E-state index in [1.165, 1.54) is 0 Å². The molecule has 1 amide bonds. The Balaban J connectivity index is 0.00000312. The van der Waals surface area contributed by atoms with Crippen LogP contribution in [0.2, 0.25) is 0 Å². The Morgan fingerprint density at radius 2 is 2.08 bits per heavy atom. The second-order valence-corrected chi connectivity index (χ2v) is 7.23. The SMILES string of the molecule is CN=C(NCc1ccc(C)nc1)N1CC(=O)N(C(C)C)C(C)(C)C1.I. The van der Waals surface area contributed by atoms with E-state index >= 15 is 0 Å². The summed E-state index contributed by atoms with van der Waals surface area (Å²) in [6, 6.07) is 4.24. The maximum Gasteiger partial charge on any atom is 0.242 e. The zero-order chi connectivity index (χ0) is 17.9. The van der Waals surface area contributed by atoms with Gasteiger partial charge in [0.15, 0.2) is 5.96 Å². The lowest BCUT2D eigenvalue weighted by Crippen LogP contribution is -2.66. The molecule has 1 aromatic rings. The predicted octanol–water partition coefficient (Wildman–Crippen LogP) is 2.41. The Kier molecular flexibility index (Phi) is 7.64. The number of carbonyl (C=O) groups excluding carboxylic acids is 1. The lowest BCUT2D eigenvalue weighted by atomic mass is 9.96. The van der Waals surface area contributed by atoms with E-state index in [-0.39, 0.29) is 41.5 Å². The topological polar surface area (TPSA) is 60.8 Å². The summed E-state index contributed by atoms with van der Waals surface area (Å²) in [7, 11) is 1.75. The number of aliphatic imine (C=N–C) groups is 1. The molecule has 0 aliphatic carbocycles. The number of nitrogens with zero attached hydrogens (tertiary/aromatic N) is 4. The summed E-state index contributed by atoms with van der Waals surface area (Å²) >= 11 is 0. The van der Waals surface area contributed by atoms with Crippen molar-refractivity contribution in [2.45, 2.75) is 52.7 Å². The van der Waals surface area contributed by atoms with Crippen molar-refractivity contribution in [1.82, 2.24) is 20.1 Å². The lowest BCUT2D eigenvalue weighted by molar-refractivity contribution is -0.145. The van der Waals surface area contributed by atoms with Crippen molar-refractivity contribution in [3.8, 4) is 0 Å².